The molecule has 0 amide bonds. The molecule has 0 heterocycles. The molecular weight excluding hydrogens is 500 g/mol. The van der Waals surface area contributed by atoms with Gasteiger partial charge in [0.25, 0.3) is 0 Å². The zero-order valence-electron chi connectivity index (χ0n) is 26.7. The molecule has 0 aliphatic carbocycles. The van der Waals surface area contributed by atoms with Gasteiger partial charge in [-0.25, -0.2) is 0 Å². The monoisotopic (exact) mass is 552 g/mol. The van der Waals surface area contributed by atoms with Crippen LogP contribution in [0.2, 0.25) is 0 Å². The number of phenols is 2. The van der Waals surface area contributed by atoms with E-state index in [2.05, 4.69) is 93.1 Å². The summed E-state index contributed by atoms with van der Waals surface area (Å²) in [4.78, 5) is 9.14. The maximum atomic E-state index is 11.1. The van der Waals surface area contributed by atoms with Crippen LogP contribution in [0, 0.1) is 0 Å². The highest BCUT2D eigenvalue weighted by atomic mass is 16.3. The summed E-state index contributed by atoms with van der Waals surface area (Å²) in [5.41, 5.74) is 4.06. The van der Waals surface area contributed by atoms with Gasteiger partial charge in [-0.3, -0.25) is 9.98 Å². The molecule has 2 atom stereocenters. The van der Waals surface area contributed by atoms with Crippen molar-refractivity contribution in [3.05, 3.63) is 57.6 Å². The van der Waals surface area contributed by atoms with E-state index in [1.807, 2.05) is 24.3 Å². The van der Waals surface area contributed by atoms with Crippen LogP contribution in [0.5, 0.6) is 11.5 Å². The van der Waals surface area contributed by atoms with E-state index in [9.17, 15) is 20.4 Å². The molecule has 2 rings (SSSR count). The van der Waals surface area contributed by atoms with Gasteiger partial charge in [0.1, 0.15) is 11.5 Å². The summed E-state index contributed by atoms with van der Waals surface area (Å²) in [5.74, 6) is 0.312. The van der Waals surface area contributed by atoms with Gasteiger partial charge in [-0.15, -0.1) is 0 Å². The Balaban J connectivity index is 2.54. The molecule has 0 aliphatic heterocycles. The van der Waals surface area contributed by atoms with Gasteiger partial charge in [-0.1, -0.05) is 95.2 Å². The average Bonchev–Trinajstić information content (AvgIpc) is 2.79. The lowest BCUT2D eigenvalue weighted by molar-refractivity contribution is 0.202. The summed E-state index contributed by atoms with van der Waals surface area (Å²) in [6, 6.07) is 6.44. The molecule has 6 nitrogen and oxygen atoms in total. The second kappa shape index (κ2) is 12.0. The van der Waals surface area contributed by atoms with Crippen molar-refractivity contribution >= 4 is 12.4 Å². The molecule has 40 heavy (non-hydrogen) atoms. The van der Waals surface area contributed by atoms with Crippen molar-refractivity contribution in [3.63, 3.8) is 0 Å². The van der Waals surface area contributed by atoms with Crippen molar-refractivity contribution in [3.8, 4) is 11.5 Å². The summed E-state index contributed by atoms with van der Waals surface area (Å²) >= 11 is 0. The summed E-state index contributed by atoms with van der Waals surface area (Å²) < 4.78 is 0. The number of hydrogen-bond donors (Lipinski definition) is 4. The Morgan fingerprint density at radius 2 is 0.850 bits per heavy atom. The number of phenolic OH excluding ortho intramolecular Hbond substituents is 2. The van der Waals surface area contributed by atoms with Gasteiger partial charge in [-0.05, 0) is 44.9 Å². The van der Waals surface area contributed by atoms with Crippen LogP contribution in [-0.2, 0) is 21.7 Å². The lowest BCUT2D eigenvalue weighted by atomic mass is 9.79. The maximum absolute atomic E-state index is 11.1. The number of aliphatic hydroxyl groups excluding tert-OH is 2. The van der Waals surface area contributed by atoms with Gasteiger partial charge in [-0.2, -0.15) is 0 Å². The van der Waals surface area contributed by atoms with Crippen LogP contribution in [0.25, 0.3) is 0 Å². The molecular formula is C34H52N2O4. The van der Waals surface area contributed by atoms with Crippen LogP contribution in [0.3, 0.4) is 0 Å². The molecule has 4 N–H and O–H groups in total. The largest absolute Gasteiger partial charge is 0.507 e. The van der Waals surface area contributed by atoms with Crippen LogP contribution in [0.1, 0.15) is 116 Å². The number of hydrogen-bond acceptors (Lipinski definition) is 6. The van der Waals surface area contributed by atoms with Crippen molar-refractivity contribution in [1.82, 2.24) is 0 Å². The van der Waals surface area contributed by atoms with Crippen molar-refractivity contribution in [2.75, 3.05) is 13.2 Å². The van der Waals surface area contributed by atoms with Gasteiger partial charge in [0.2, 0.25) is 0 Å². The second-order valence-electron chi connectivity index (χ2n) is 15.0. The van der Waals surface area contributed by atoms with Crippen molar-refractivity contribution in [2.45, 2.75) is 117 Å². The van der Waals surface area contributed by atoms with Crippen molar-refractivity contribution in [1.29, 1.82) is 0 Å². The van der Waals surface area contributed by atoms with Gasteiger partial charge < -0.3 is 20.4 Å². The average molecular weight is 553 g/mol. The highest BCUT2D eigenvalue weighted by Crippen LogP contribution is 2.38. The van der Waals surface area contributed by atoms with Crippen LogP contribution in [0.4, 0.5) is 0 Å². The number of nitrogens with zero attached hydrogens (tertiary/aromatic N) is 2. The van der Waals surface area contributed by atoms with E-state index >= 15 is 0 Å². The third-order valence-corrected chi connectivity index (χ3v) is 7.26. The van der Waals surface area contributed by atoms with E-state index in [4.69, 9.17) is 0 Å². The molecule has 0 unspecified atom stereocenters. The third-order valence-electron chi connectivity index (χ3n) is 7.26. The van der Waals surface area contributed by atoms with Crippen LogP contribution >= 0.6 is 0 Å². The molecule has 0 aliphatic rings. The standard InChI is InChI=1S/C34H52N2O4/c1-31(2,3)23-13-21(29(39)25(15-23)33(7,8)9)17-35-27(19-37)28(20-38)36-18-22-14-24(32(4,5)6)16-26(30(22)40)34(10,11)12/h13-18,27-28,37-40H,19-20H2,1-12H3/t27-,28-/m1/s1. The van der Waals surface area contributed by atoms with Gasteiger partial charge >= 0.3 is 0 Å². The Labute approximate surface area is 241 Å². The lowest BCUT2D eigenvalue weighted by Gasteiger charge is -2.27. The molecule has 0 aromatic heterocycles. The Bertz CT molecular complexity index is 1140. The molecule has 6 heteroatoms. The predicted octanol–water partition coefficient (Wildman–Crippen LogP) is 6.55. The highest BCUT2D eigenvalue weighted by Gasteiger charge is 2.27. The molecule has 0 saturated heterocycles. The first-order valence-electron chi connectivity index (χ1n) is 14.1. The lowest BCUT2D eigenvalue weighted by Crippen LogP contribution is -2.30. The van der Waals surface area contributed by atoms with E-state index in [1.165, 1.54) is 0 Å². The van der Waals surface area contributed by atoms with Gasteiger partial charge in [0, 0.05) is 34.7 Å². The molecule has 222 valence electrons. The number of benzene rings is 2. The highest BCUT2D eigenvalue weighted by molar-refractivity contribution is 5.86. The minimum absolute atomic E-state index is 0.139. The second-order valence-corrected chi connectivity index (χ2v) is 15.0. The number of rotatable bonds is 7. The summed E-state index contributed by atoms with van der Waals surface area (Å²) in [7, 11) is 0. The van der Waals surface area contributed by atoms with Crippen molar-refractivity contribution < 1.29 is 20.4 Å². The van der Waals surface area contributed by atoms with Gasteiger partial charge in [0.15, 0.2) is 0 Å². The van der Waals surface area contributed by atoms with Crippen molar-refractivity contribution in [2.24, 2.45) is 9.98 Å². The minimum atomic E-state index is -0.743. The third kappa shape index (κ3) is 8.17. The summed E-state index contributed by atoms with van der Waals surface area (Å²) in [6.45, 7) is 24.4. The molecule has 0 spiro atoms. The quantitative estimate of drug-likeness (QED) is 0.292. The smallest absolute Gasteiger partial charge is 0.128 e. The fourth-order valence-corrected chi connectivity index (χ4v) is 4.41. The Morgan fingerprint density at radius 1 is 0.550 bits per heavy atom. The van der Waals surface area contributed by atoms with Crippen LogP contribution < -0.4 is 0 Å². The predicted molar refractivity (Wildman–Crippen MR) is 168 cm³/mol. The summed E-state index contributed by atoms with van der Waals surface area (Å²) in [6.07, 6.45) is 3.13. The Hall–Kier alpha value is -2.70. The number of aliphatic imine (C=N–C) groups is 2. The Kier molecular flexibility index (Phi) is 10.1. The first-order chi connectivity index (χ1) is 18.1. The van der Waals surface area contributed by atoms with Crippen LogP contribution in [0.15, 0.2) is 34.3 Å². The first-order valence-corrected chi connectivity index (χ1v) is 14.1. The normalized spacial score (nSPS) is 15.2. The van der Waals surface area contributed by atoms with E-state index in [1.54, 1.807) is 12.4 Å². The molecule has 0 bridgehead atoms. The Morgan fingerprint density at radius 3 is 1.07 bits per heavy atom. The van der Waals surface area contributed by atoms with E-state index in [-0.39, 0.29) is 46.4 Å². The fourth-order valence-electron chi connectivity index (χ4n) is 4.41. The summed E-state index contributed by atoms with van der Waals surface area (Å²) in [5, 5.41) is 42.6. The van der Waals surface area contributed by atoms with E-state index < -0.39 is 12.1 Å². The minimum Gasteiger partial charge on any atom is -0.507 e. The van der Waals surface area contributed by atoms with E-state index in [0.29, 0.717) is 11.1 Å². The maximum Gasteiger partial charge on any atom is 0.128 e. The SMILES string of the molecule is CC(C)(C)c1cc(C=N[C@H](CO)[C@@H](CO)N=Cc2cc(C(C)(C)C)cc(C(C)(C)C)c2O)c(O)c(C(C)(C)C)c1. The molecule has 0 radical (unpaired) electrons. The molecule has 2 aromatic carbocycles. The van der Waals surface area contributed by atoms with Gasteiger partial charge in [0.05, 0.1) is 25.3 Å². The first kappa shape index (κ1) is 33.5. The topological polar surface area (TPSA) is 106 Å². The number of aromatic hydroxyl groups is 2. The number of aliphatic hydroxyl groups is 2. The zero-order valence-corrected chi connectivity index (χ0v) is 26.7. The molecule has 0 saturated carbocycles. The molecule has 2 aromatic rings. The zero-order chi connectivity index (χ0) is 30.8. The fraction of sp³-hybridized carbons (Fsp3) is 0.588. The van der Waals surface area contributed by atoms with Crippen LogP contribution in [-0.4, -0.2) is 58.2 Å². The molecule has 0 fully saturated rings. The van der Waals surface area contributed by atoms with E-state index in [0.717, 1.165) is 22.3 Å².